The number of rotatable bonds is 4. The first-order valence-corrected chi connectivity index (χ1v) is 13.0. The lowest BCUT2D eigenvalue weighted by Gasteiger charge is -2.38. The molecule has 34 heavy (non-hydrogen) atoms. The van der Waals surface area contributed by atoms with Crippen LogP contribution < -0.4 is 9.62 Å². The quantitative estimate of drug-likeness (QED) is 0.671. The van der Waals surface area contributed by atoms with Gasteiger partial charge in [0.1, 0.15) is 16.6 Å². The van der Waals surface area contributed by atoms with Gasteiger partial charge in [0, 0.05) is 35.5 Å². The molecule has 2 aromatic rings. The molecular weight excluding hydrogens is 450 g/mol. The molecule has 0 saturated carbocycles. The van der Waals surface area contributed by atoms with Crippen LogP contribution in [0.2, 0.25) is 0 Å². The Labute approximate surface area is 204 Å². The van der Waals surface area contributed by atoms with Crippen LogP contribution in [0.25, 0.3) is 10.8 Å². The zero-order chi connectivity index (χ0) is 25.0. The lowest BCUT2D eigenvalue weighted by atomic mass is 9.83. The second kappa shape index (κ2) is 8.64. The van der Waals surface area contributed by atoms with E-state index in [1.54, 1.807) is 9.80 Å². The number of likely N-dealkylation sites (tertiary alicyclic amines) is 1. The lowest BCUT2D eigenvalue weighted by molar-refractivity contribution is 0.0105. The minimum atomic E-state index is -1.52. The van der Waals surface area contributed by atoms with E-state index in [9.17, 15) is 13.8 Å². The number of carbonyl (C=O) groups is 2. The number of benzene rings is 2. The molecule has 3 unspecified atom stereocenters. The summed E-state index contributed by atoms with van der Waals surface area (Å²) in [5, 5.41) is 1.68. The number of hydrogen-bond acceptors (Lipinski definition) is 4. The predicted molar refractivity (Wildman–Crippen MR) is 135 cm³/mol. The van der Waals surface area contributed by atoms with E-state index < -0.39 is 16.6 Å². The highest BCUT2D eigenvalue weighted by Gasteiger charge is 2.46. The van der Waals surface area contributed by atoms with E-state index in [0.717, 1.165) is 16.5 Å². The van der Waals surface area contributed by atoms with Gasteiger partial charge in [-0.05, 0) is 57.7 Å². The van der Waals surface area contributed by atoms with Crippen molar-refractivity contribution in [1.29, 1.82) is 0 Å². The van der Waals surface area contributed by atoms with Crippen LogP contribution in [0, 0.1) is 5.41 Å². The van der Waals surface area contributed by atoms with Crippen molar-refractivity contribution >= 4 is 39.4 Å². The molecule has 2 heterocycles. The molecule has 1 saturated heterocycles. The fourth-order valence-electron chi connectivity index (χ4n) is 5.21. The van der Waals surface area contributed by atoms with Crippen LogP contribution in [0.3, 0.4) is 0 Å². The van der Waals surface area contributed by atoms with Crippen molar-refractivity contribution in [3.8, 4) is 0 Å². The fraction of sp³-hybridized carbons (Fsp3) is 0.538. The Morgan fingerprint density at radius 2 is 1.85 bits per heavy atom. The third-order valence-corrected chi connectivity index (χ3v) is 7.70. The minimum absolute atomic E-state index is 0.0180. The molecule has 0 spiro atoms. The molecule has 1 N–H and O–H groups in total. The molecule has 4 rings (SSSR count). The van der Waals surface area contributed by atoms with Gasteiger partial charge in [0.25, 0.3) is 5.91 Å². The van der Waals surface area contributed by atoms with Gasteiger partial charge in [0.15, 0.2) is 0 Å². The third kappa shape index (κ3) is 4.33. The smallest absolute Gasteiger partial charge is 0.410 e. The summed E-state index contributed by atoms with van der Waals surface area (Å²) >= 11 is 0. The highest BCUT2D eigenvalue weighted by atomic mass is 32.2. The lowest BCUT2D eigenvalue weighted by Crippen LogP contribution is -2.53. The molecule has 8 heteroatoms. The van der Waals surface area contributed by atoms with E-state index in [0.29, 0.717) is 30.0 Å². The first-order chi connectivity index (χ1) is 15.8. The Hall–Kier alpha value is -2.45. The van der Waals surface area contributed by atoms with Gasteiger partial charge < -0.3 is 14.5 Å². The molecule has 2 amide bonds. The number of nitrogens with zero attached hydrogens (tertiary/aromatic N) is 2. The maximum Gasteiger partial charge on any atom is 0.410 e. The second-order valence-electron chi connectivity index (χ2n) is 11.1. The molecule has 2 aliphatic heterocycles. The van der Waals surface area contributed by atoms with E-state index in [2.05, 4.69) is 25.5 Å². The number of anilines is 1. The molecule has 7 nitrogen and oxygen atoms in total. The van der Waals surface area contributed by atoms with Crippen molar-refractivity contribution in [2.75, 3.05) is 18.0 Å². The zero-order valence-corrected chi connectivity index (χ0v) is 21.9. The SMILES string of the molecule is CCN1C(=O)c2cccc3c(S(=O)NC4CCN(C(=O)OC(C)(C)C)C4C(C)(C)C)ccc1c23. The molecule has 0 bridgehead atoms. The van der Waals surface area contributed by atoms with Gasteiger partial charge in [-0.15, -0.1) is 0 Å². The number of nitrogens with one attached hydrogen (secondary N) is 1. The largest absolute Gasteiger partial charge is 0.444 e. The molecule has 2 aliphatic rings. The first-order valence-electron chi connectivity index (χ1n) is 11.9. The van der Waals surface area contributed by atoms with Gasteiger partial charge in [0.05, 0.1) is 16.6 Å². The Morgan fingerprint density at radius 3 is 2.47 bits per heavy atom. The zero-order valence-electron chi connectivity index (χ0n) is 21.1. The van der Waals surface area contributed by atoms with Gasteiger partial charge in [-0.1, -0.05) is 32.9 Å². The van der Waals surface area contributed by atoms with Crippen molar-refractivity contribution in [3.05, 3.63) is 35.9 Å². The van der Waals surface area contributed by atoms with Crippen LogP contribution in [0.5, 0.6) is 0 Å². The van der Waals surface area contributed by atoms with E-state index in [1.807, 2.05) is 58.0 Å². The summed E-state index contributed by atoms with van der Waals surface area (Å²) in [6, 6.07) is 8.99. The van der Waals surface area contributed by atoms with Crippen LogP contribution in [0.4, 0.5) is 10.5 Å². The molecule has 0 radical (unpaired) electrons. The fourth-order valence-corrected chi connectivity index (χ4v) is 6.42. The van der Waals surface area contributed by atoms with Crippen LogP contribution in [0.15, 0.2) is 35.2 Å². The molecular formula is C26H35N3O4S. The van der Waals surface area contributed by atoms with Crippen molar-refractivity contribution in [3.63, 3.8) is 0 Å². The average molecular weight is 486 g/mol. The van der Waals surface area contributed by atoms with E-state index in [4.69, 9.17) is 4.74 Å². The Balaban J connectivity index is 1.64. The highest BCUT2D eigenvalue weighted by molar-refractivity contribution is 7.83. The second-order valence-corrected chi connectivity index (χ2v) is 12.3. The summed E-state index contributed by atoms with van der Waals surface area (Å²) in [7, 11) is -1.52. The summed E-state index contributed by atoms with van der Waals surface area (Å²) in [6.07, 6.45) is 0.335. The normalized spacial score (nSPS) is 21.4. The maximum atomic E-state index is 13.6. The molecule has 184 valence electrons. The van der Waals surface area contributed by atoms with Crippen molar-refractivity contribution in [1.82, 2.24) is 9.62 Å². The number of hydrogen-bond donors (Lipinski definition) is 1. The third-order valence-electron chi connectivity index (χ3n) is 6.43. The van der Waals surface area contributed by atoms with Gasteiger partial charge in [0.2, 0.25) is 0 Å². The van der Waals surface area contributed by atoms with Gasteiger partial charge in [-0.2, -0.15) is 0 Å². The van der Waals surface area contributed by atoms with Crippen molar-refractivity contribution in [2.24, 2.45) is 5.41 Å². The summed E-state index contributed by atoms with van der Waals surface area (Å²) in [6.45, 7) is 14.9. The van der Waals surface area contributed by atoms with Gasteiger partial charge in [-0.25, -0.2) is 13.7 Å². The van der Waals surface area contributed by atoms with Crippen LogP contribution in [0.1, 0.15) is 65.2 Å². The molecule has 3 atom stereocenters. The van der Waals surface area contributed by atoms with Gasteiger partial charge >= 0.3 is 6.09 Å². The molecule has 2 aromatic carbocycles. The monoisotopic (exact) mass is 485 g/mol. The number of carbonyl (C=O) groups excluding carboxylic acids is 2. The summed E-state index contributed by atoms with van der Waals surface area (Å²) in [4.78, 5) is 29.9. The molecule has 0 aliphatic carbocycles. The van der Waals surface area contributed by atoms with Gasteiger partial charge in [-0.3, -0.25) is 4.79 Å². The van der Waals surface area contributed by atoms with E-state index >= 15 is 0 Å². The summed E-state index contributed by atoms with van der Waals surface area (Å²) in [5.41, 5.74) is 0.689. The van der Waals surface area contributed by atoms with Crippen molar-refractivity contribution in [2.45, 2.75) is 77.5 Å². The van der Waals surface area contributed by atoms with E-state index in [-0.39, 0.29) is 29.5 Å². The van der Waals surface area contributed by atoms with Crippen LogP contribution >= 0.6 is 0 Å². The Bertz CT molecular complexity index is 1170. The summed E-state index contributed by atoms with van der Waals surface area (Å²) < 4.78 is 22.6. The van der Waals surface area contributed by atoms with Crippen LogP contribution in [-0.2, 0) is 15.7 Å². The topological polar surface area (TPSA) is 79.0 Å². The average Bonchev–Trinajstić information content (AvgIpc) is 3.27. The Morgan fingerprint density at radius 1 is 1.15 bits per heavy atom. The maximum absolute atomic E-state index is 13.6. The Kier molecular flexibility index (Phi) is 6.27. The predicted octanol–water partition coefficient (Wildman–Crippen LogP) is 4.86. The first kappa shape index (κ1) is 24.7. The van der Waals surface area contributed by atoms with Crippen molar-refractivity contribution < 1.29 is 18.5 Å². The molecule has 0 aromatic heterocycles. The number of amides is 2. The number of ether oxygens (including phenoxy) is 1. The standard InChI is InChI=1S/C26H35N3O4S/c1-8-28-19-12-13-20(16-10-9-11-17(21(16)19)23(28)30)34(32)27-18-14-15-29(22(18)25(2,3)4)24(31)33-26(5,6)7/h9-13,18,22,27H,8,14-15H2,1-7H3. The highest BCUT2D eigenvalue weighted by Crippen LogP contribution is 2.40. The van der Waals surface area contributed by atoms with E-state index in [1.165, 1.54) is 0 Å². The minimum Gasteiger partial charge on any atom is -0.444 e. The summed E-state index contributed by atoms with van der Waals surface area (Å²) in [5.74, 6) is -0.0180. The molecule has 1 fully saturated rings. The van der Waals surface area contributed by atoms with Crippen LogP contribution in [-0.4, -0.2) is 51.9 Å².